The van der Waals surface area contributed by atoms with Gasteiger partial charge in [-0.05, 0) is 18.2 Å². The highest BCUT2D eigenvalue weighted by atomic mass is 19.4. The highest BCUT2D eigenvalue weighted by molar-refractivity contribution is 5.46. The van der Waals surface area contributed by atoms with Gasteiger partial charge in [0, 0.05) is 24.6 Å². The molecule has 0 radical (unpaired) electrons. The van der Waals surface area contributed by atoms with Crippen LogP contribution in [0.25, 0.3) is 0 Å². The molecule has 0 spiro atoms. The molecule has 0 aliphatic carbocycles. The Morgan fingerprint density at radius 2 is 2.05 bits per heavy atom. The van der Waals surface area contributed by atoms with E-state index in [9.17, 15) is 13.2 Å². The summed E-state index contributed by atoms with van der Waals surface area (Å²) in [4.78, 5) is 4.31. The summed E-state index contributed by atoms with van der Waals surface area (Å²) in [6.45, 7) is 4.47. The first-order valence-corrected chi connectivity index (χ1v) is 6.68. The average Bonchev–Trinajstić information content (AvgIpc) is 2.87. The van der Waals surface area contributed by atoms with Crippen molar-refractivity contribution >= 4 is 5.69 Å². The lowest BCUT2D eigenvalue weighted by Crippen LogP contribution is -2.09. The molecule has 0 atom stereocenters. The summed E-state index contributed by atoms with van der Waals surface area (Å²) in [5, 5.41) is 9.86. The van der Waals surface area contributed by atoms with Gasteiger partial charge in [0.25, 0.3) is 0 Å². The van der Waals surface area contributed by atoms with Crippen molar-refractivity contribution in [3.8, 4) is 0 Å². The normalized spacial score (nSPS) is 11.9. The number of hydrogen-bond acceptors (Lipinski definition) is 3. The third kappa shape index (κ3) is 4.21. The van der Waals surface area contributed by atoms with Crippen molar-refractivity contribution in [2.45, 2.75) is 32.4 Å². The summed E-state index contributed by atoms with van der Waals surface area (Å²) < 4.78 is 37.7. The first kappa shape index (κ1) is 15.3. The monoisotopic (exact) mass is 298 g/mol. The Balaban J connectivity index is 1.91. The van der Waals surface area contributed by atoms with Gasteiger partial charge in [-0.2, -0.15) is 18.3 Å². The van der Waals surface area contributed by atoms with Crippen molar-refractivity contribution in [3.05, 3.63) is 41.5 Å². The van der Waals surface area contributed by atoms with Crippen LogP contribution in [0.3, 0.4) is 0 Å². The summed E-state index contributed by atoms with van der Waals surface area (Å²) in [7, 11) is 0. The van der Waals surface area contributed by atoms with Crippen LogP contribution < -0.4 is 5.32 Å². The number of aromatic nitrogens is 3. The molecule has 0 saturated carbocycles. The number of nitrogens with one attached hydrogen (secondary N) is 2. The molecule has 0 aliphatic heterocycles. The van der Waals surface area contributed by atoms with Crippen LogP contribution in [-0.2, 0) is 12.6 Å². The SMILES string of the molecule is CC(C)c1n[nH]c(CCNc2cccc(C(F)(F)F)c2)n1. The second kappa shape index (κ2) is 6.15. The Morgan fingerprint density at radius 3 is 2.67 bits per heavy atom. The minimum atomic E-state index is -4.32. The zero-order chi connectivity index (χ0) is 15.5. The zero-order valence-corrected chi connectivity index (χ0v) is 11.8. The molecule has 1 aromatic heterocycles. The molecule has 2 N–H and O–H groups in total. The van der Waals surface area contributed by atoms with Gasteiger partial charge < -0.3 is 5.32 Å². The van der Waals surface area contributed by atoms with E-state index in [0.717, 1.165) is 23.8 Å². The zero-order valence-electron chi connectivity index (χ0n) is 11.8. The van der Waals surface area contributed by atoms with Gasteiger partial charge in [0.05, 0.1) is 5.56 Å². The number of hydrogen-bond donors (Lipinski definition) is 2. The van der Waals surface area contributed by atoms with Crippen LogP contribution in [0.2, 0.25) is 0 Å². The lowest BCUT2D eigenvalue weighted by molar-refractivity contribution is -0.137. The molecule has 1 heterocycles. The van der Waals surface area contributed by atoms with E-state index < -0.39 is 11.7 Å². The van der Waals surface area contributed by atoms with Gasteiger partial charge in [0.2, 0.25) is 0 Å². The Hall–Kier alpha value is -2.05. The highest BCUT2D eigenvalue weighted by Crippen LogP contribution is 2.30. The molecule has 0 unspecified atom stereocenters. The van der Waals surface area contributed by atoms with E-state index in [2.05, 4.69) is 20.5 Å². The average molecular weight is 298 g/mol. The van der Waals surface area contributed by atoms with Crippen LogP contribution >= 0.6 is 0 Å². The molecular weight excluding hydrogens is 281 g/mol. The Kier molecular flexibility index (Phi) is 4.50. The van der Waals surface area contributed by atoms with Gasteiger partial charge in [-0.15, -0.1) is 0 Å². The standard InChI is InChI=1S/C14H17F3N4/c1-9(2)13-19-12(20-21-13)6-7-18-11-5-3-4-10(8-11)14(15,16)17/h3-5,8-9,18H,6-7H2,1-2H3,(H,19,20,21). The molecule has 4 nitrogen and oxygen atoms in total. The molecule has 2 aromatic rings. The minimum Gasteiger partial charge on any atom is -0.385 e. The Bertz CT molecular complexity index is 590. The second-order valence-electron chi connectivity index (χ2n) is 5.05. The van der Waals surface area contributed by atoms with Gasteiger partial charge in [0.1, 0.15) is 5.82 Å². The molecule has 0 bridgehead atoms. The number of alkyl halides is 3. The van der Waals surface area contributed by atoms with Crippen molar-refractivity contribution in [3.63, 3.8) is 0 Å². The van der Waals surface area contributed by atoms with E-state index in [4.69, 9.17) is 0 Å². The fourth-order valence-corrected chi connectivity index (χ4v) is 1.81. The molecule has 1 aromatic carbocycles. The first-order valence-electron chi connectivity index (χ1n) is 6.68. The molecule has 114 valence electrons. The van der Waals surface area contributed by atoms with Crippen LogP contribution in [0.15, 0.2) is 24.3 Å². The summed E-state index contributed by atoms with van der Waals surface area (Å²) in [6, 6.07) is 5.14. The van der Waals surface area contributed by atoms with E-state index in [1.165, 1.54) is 6.07 Å². The minimum absolute atomic E-state index is 0.242. The fourth-order valence-electron chi connectivity index (χ4n) is 1.81. The number of halogens is 3. The summed E-state index contributed by atoms with van der Waals surface area (Å²) in [5.41, 5.74) is -0.220. The Labute approximate surface area is 120 Å². The number of nitrogens with zero attached hydrogens (tertiary/aromatic N) is 2. The third-order valence-corrected chi connectivity index (χ3v) is 2.95. The van der Waals surface area contributed by atoms with E-state index in [-0.39, 0.29) is 5.92 Å². The number of benzene rings is 1. The number of aromatic amines is 1. The summed E-state index contributed by atoms with van der Waals surface area (Å²) >= 11 is 0. The molecular formula is C14H17F3N4. The Morgan fingerprint density at radius 1 is 1.29 bits per heavy atom. The molecule has 0 saturated heterocycles. The largest absolute Gasteiger partial charge is 0.416 e. The van der Waals surface area contributed by atoms with E-state index in [0.29, 0.717) is 18.7 Å². The van der Waals surface area contributed by atoms with Gasteiger partial charge in [-0.1, -0.05) is 19.9 Å². The van der Waals surface area contributed by atoms with E-state index >= 15 is 0 Å². The number of anilines is 1. The van der Waals surface area contributed by atoms with Crippen molar-refractivity contribution in [2.24, 2.45) is 0 Å². The predicted molar refractivity (Wildman–Crippen MR) is 74.1 cm³/mol. The third-order valence-electron chi connectivity index (χ3n) is 2.95. The topological polar surface area (TPSA) is 53.6 Å². The molecule has 2 rings (SSSR count). The maximum atomic E-state index is 12.6. The highest BCUT2D eigenvalue weighted by Gasteiger charge is 2.30. The quantitative estimate of drug-likeness (QED) is 0.886. The van der Waals surface area contributed by atoms with Crippen molar-refractivity contribution in [1.82, 2.24) is 15.2 Å². The predicted octanol–water partition coefficient (Wildman–Crippen LogP) is 3.60. The van der Waals surface area contributed by atoms with Crippen LogP contribution in [0, 0.1) is 0 Å². The maximum absolute atomic E-state index is 12.6. The van der Waals surface area contributed by atoms with Gasteiger partial charge >= 0.3 is 6.18 Å². The first-order chi connectivity index (χ1) is 9.86. The molecule has 0 fully saturated rings. The lowest BCUT2D eigenvalue weighted by Gasteiger charge is -2.10. The van der Waals surface area contributed by atoms with Gasteiger partial charge in [-0.3, -0.25) is 5.10 Å². The molecule has 7 heteroatoms. The molecule has 0 amide bonds. The van der Waals surface area contributed by atoms with Crippen LogP contribution in [-0.4, -0.2) is 21.7 Å². The van der Waals surface area contributed by atoms with Crippen LogP contribution in [0.4, 0.5) is 18.9 Å². The fraction of sp³-hybridized carbons (Fsp3) is 0.429. The number of rotatable bonds is 5. The molecule has 21 heavy (non-hydrogen) atoms. The summed E-state index contributed by atoms with van der Waals surface area (Å²) in [6.07, 6.45) is -3.76. The maximum Gasteiger partial charge on any atom is 0.416 e. The second-order valence-corrected chi connectivity index (χ2v) is 5.05. The number of H-pyrrole nitrogens is 1. The summed E-state index contributed by atoms with van der Waals surface area (Å²) in [5.74, 6) is 1.70. The van der Waals surface area contributed by atoms with E-state index in [1.807, 2.05) is 13.8 Å². The molecule has 0 aliphatic rings. The van der Waals surface area contributed by atoms with Gasteiger partial charge in [0.15, 0.2) is 5.82 Å². The lowest BCUT2D eigenvalue weighted by atomic mass is 10.2. The van der Waals surface area contributed by atoms with Crippen LogP contribution in [0.1, 0.15) is 37.0 Å². The van der Waals surface area contributed by atoms with Crippen molar-refractivity contribution in [1.29, 1.82) is 0 Å². The van der Waals surface area contributed by atoms with Gasteiger partial charge in [-0.25, -0.2) is 4.98 Å². The van der Waals surface area contributed by atoms with Crippen molar-refractivity contribution < 1.29 is 13.2 Å². The van der Waals surface area contributed by atoms with E-state index in [1.54, 1.807) is 6.07 Å². The van der Waals surface area contributed by atoms with Crippen molar-refractivity contribution in [2.75, 3.05) is 11.9 Å². The van der Waals surface area contributed by atoms with Crippen LogP contribution in [0.5, 0.6) is 0 Å². The smallest absolute Gasteiger partial charge is 0.385 e.